The van der Waals surface area contributed by atoms with Crippen molar-refractivity contribution >= 4 is 56.7 Å². The Morgan fingerprint density at radius 3 is 2.60 bits per heavy atom. The Balaban J connectivity index is 1.42. The number of fused-ring (bicyclic) bond motifs is 2. The van der Waals surface area contributed by atoms with E-state index in [1.54, 1.807) is 0 Å². The zero-order chi connectivity index (χ0) is 24.5. The summed E-state index contributed by atoms with van der Waals surface area (Å²) < 4.78 is 3.73. The van der Waals surface area contributed by atoms with Gasteiger partial charge in [-0.05, 0) is 93.5 Å². The van der Waals surface area contributed by atoms with E-state index >= 15 is 0 Å². The molecule has 2 aromatic carbocycles. The fraction of sp³-hybridized carbons (Fsp3) is 0.300. The van der Waals surface area contributed by atoms with Gasteiger partial charge < -0.3 is 4.90 Å². The monoisotopic (exact) mass is 519 g/mol. The van der Waals surface area contributed by atoms with Crippen LogP contribution in [0.2, 0.25) is 0 Å². The molecule has 0 saturated heterocycles. The van der Waals surface area contributed by atoms with E-state index in [1.165, 1.54) is 53.1 Å². The lowest BCUT2D eigenvalue weighted by Crippen LogP contribution is -2.33. The van der Waals surface area contributed by atoms with Crippen molar-refractivity contribution in [2.45, 2.75) is 58.4 Å². The summed E-state index contributed by atoms with van der Waals surface area (Å²) in [5.74, 6) is 0. The first kappa shape index (κ1) is 24.4. The number of aryl methyl sites for hydroxylation is 3. The number of hydrogen-bond donors (Lipinski definition) is 0. The summed E-state index contributed by atoms with van der Waals surface area (Å²) in [6, 6.07) is 13.4. The Labute approximate surface area is 222 Å². The van der Waals surface area contributed by atoms with Crippen LogP contribution in [-0.4, -0.2) is 6.54 Å². The van der Waals surface area contributed by atoms with Crippen LogP contribution in [-0.2, 0) is 6.54 Å². The fourth-order valence-corrected chi connectivity index (χ4v) is 7.41. The van der Waals surface area contributed by atoms with Gasteiger partial charge in [-0.1, -0.05) is 59.0 Å². The third kappa shape index (κ3) is 4.89. The number of thiazole rings is 1. The average Bonchev–Trinajstić information content (AvgIpc) is 3.38. The van der Waals surface area contributed by atoms with E-state index in [1.807, 2.05) is 23.1 Å². The minimum Gasteiger partial charge on any atom is -0.335 e. The number of halogens is 1. The molecule has 0 unspecified atom stereocenters. The molecular weight excluding hydrogens is 488 g/mol. The van der Waals surface area contributed by atoms with Crippen molar-refractivity contribution in [3.8, 4) is 0 Å². The highest BCUT2D eigenvalue weighted by Crippen LogP contribution is 2.46. The first-order chi connectivity index (χ1) is 17.0. The predicted molar refractivity (Wildman–Crippen MR) is 154 cm³/mol. The van der Waals surface area contributed by atoms with E-state index in [-0.39, 0.29) is 0 Å². The Bertz CT molecular complexity index is 1410. The van der Waals surface area contributed by atoms with E-state index in [0.29, 0.717) is 0 Å². The summed E-state index contributed by atoms with van der Waals surface area (Å²) in [5.41, 5.74) is 7.72. The minimum atomic E-state index is 0.920. The largest absolute Gasteiger partial charge is 0.335 e. The zero-order valence-corrected chi connectivity index (χ0v) is 23.3. The van der Waals surface area contributed by atoms with Gasteiger partial charge in [-0.2, -0.15) is 4.57 Å². The van der Waals surface area contributed by atoms with Gasteiger partial charge in [0.1, 0.15) is 11.2 Å². The molecule has 5 heteroatoms. The lowest BCUT2D eigenvalue weighted by Gasteiger charge is -2.19. The third-order valence-electron chi connectivity index (χ3n) is 6.71. The van der Waals surface area contributed by atoms with Crippen LogP contribution in [0.1, 0.15) is 49.2 Å². The summed E-state index contributed by atoms with van der Waals surface area (Å²) in [6.07, 6.45) is 12.2. The minimum absolute atomic E-state index is 0.920. The van der Waals surface area contributed by atoms with Crippen molar-refractivity contribution < 1.29 is 4.57 Å². The van der Waals surface area contributed by atoms with Gasteiger partial charge in [0.15, 0.2) is 0 Å². The number of anilines is 1. The second-order valence-electron chi connectivity index (χ2n) is 9.20. The van der Waals surface area contributed by atoms with Gasteiger partial charge in [-0.25, -0.2) is 0 Å². The van der Waals surface area contributed by atoms with Crippen molar-refractivity contribution in [2.75, 3.05) is 11.4 Å². The quantitative estimate of drug-likeness (QED) is 0.310. The maximum absolute atomic E-state index is 6.96. The SMILES string of the molecule is CCN1C(=CC=C2CCCC(C=Cc3sc4ccc(C)cc4[n+]3CC)=C2Cl)Sc2ccc(C)cc21. The highest BCUT2D eigenvalue weighted by Gasteiger charge is 2.24. The fourth-order valence-electron chi connectivity index (χ4n) is 4.87. The molecule has 0 radical (unpaired) electrons. The molecule has 1 aliphatic carbocycles. The van der Waals surface area contributed by atoms with Crippen molar-refractivity contribution in [1.29, 1.82) is 0 Å². The molecule has 0 bridgehead atoms. The summed E-state index contributed by atoms with van der Waals surface area (Å²) in [5, 5.41) is 3.47. The molecule has 180 valence electrons. The van der Waals surface area contributed by atoms with Crippen LogP contribution in [0, 0.1) is 13.8 Å². The molecule has 35 heavy (non-hydrogen) atoms. The molecule has 2 heterocycles. The second kappa shape index (κ2) is 10.4. The topological polar surface area (TPSA) is 7.12 Å². The summed E-state index contributed by atoms with van der Waals surface area (Å²) in [4.78, 5) is 3.73. The predicted octanol–water partition coefficient (Wildman–Crippen LogP) is 8.92. The molecule has 0 spiro atoms. The van der Waals surface area contributed by atoms with Crippen LogP contribution in [0.25, 0.3) is 16.3 Å². The smallest absolute Gasteiger partial charge is 0.262 e. The van der Waals surface area contributed by atoms with Crippen LogP contribution in [0.3, 0.4) is 0 Å². The first-order valence-electron chi connectivity index (χ1n) is 12.5. The molecule has 0 fully saturated rings. The molecule has 3 aromatic rings. The molecule has 2 aliphatic rings. The zero-order valence-electron chi connectivity index (χ0n) is 20.9. The van der Waals surface area contributed by atoms with E-state index in [2.05, 4.69) is 97.9 Å². The van der Waals surface area contributed by atoms with Gasteiger partial charge in [0.2, 0.25) is 5.52 Å². The molecule has 0 N–H and O–H groups in total. The standard InChI is InChI=1S/C30H32ClN2S2/c1-5-32-24-18-20(3)10-14-26(24)34-28(32)16-12-22-8-7-9-23(30(22)31)13-17-29-33(6-2)25-19-21(4)11-15-27(25)35-29/h10-19H,5-9H2,1-4H3/q+1. The van der Waals surface area contributed by atoms with E-state index < -0.39 is 0 Å². The summed E-state index contributed by atoms with van der Waals surface area (Å²) in [6.45, 7) is 10.7. The van der Waals surface area contributed by atoms with Gasteiger partial charge in [-0.15, -0.1) is 0 Å². The molecule has 5 rings (SSSR count). The maximum Gasteiger partial charge on any atom is 0.262 e. The number of benzene rings is 2. The van der Waals surface area contributed by atoms with Gasteiger partial charge in [0.25, 0.3) is 5.01 Å². The molecule has 1 aliphatic heterocycles. The van der Waals surface area contributed by atoms with Crippen molar-refractivity contribution in [1.82, 2.24) is 0 Å². The number of nitrogens with zero attached hydrogens (tertiary/aromatic N) is 2. The average molecular weight is 520 g/mol. The number of thioether (sulfide) groups is 1. The Kier molecular flexibility index (Phi) is 7.24. The molecule has 2 nitrogen and oxygen atoms in total. The first-order valence-corrected chi connectivity index (χ1v) is 14.5. The summed E-state index contributed by atoms with van der Waals surface area (Å²) >= 11 is 10.7. The molecule has 0 amide bonds. The van der Waals surface area contributed by atoms with Gasteiger partial charge in [0.05, 0.1) is 10.7 Å². The highest BCUT2D eigenvalue weighted by molar-refractivity contribution is 8.03. The Morgan fingerprint density at radius 1 is 1.00 bits per heavy atom. The van der Waals surface area contributed by atoms with Crippen LogP contribution in [0.4, 0.5) is 5.69 Å². The van der Waals surface area contributed by atoms with Gasteiger partial charge in [-0.3, -0.25) is 0 Å². The number of hydrogen-bond acceptors (Lipinski definition) is 3. The van der Waals surface area contributed by atoms with Crippen LogP contribution >= 0.6 is 34.7 Å². The molecule has 0 saturated carbocycles. The van der Waals surface area contributed by atoms with E-state index in [4.69, 9.17) is 11.6 Å². The van der Waals surface area contributed by atoms with Crippen molar-refractivity contribution in [2.24, 2.45) is 0 Å². The van der Waals surface area contributed by atoms with Crippen LogP contribution in [0.5, 0.6) is 0 Å². The summed E-state index contributed by atoms with van der Waals surface area (Å²) in [7, 11) is 0. The second-order valence-corrected chi connectivity index (χ2v) is 11.7. The van der Waals surface area contributed by atoms with Gasteiger partial charge in [0, 0.05) is 28.6 Å². The number of allylic oxidation sites excluding steroid dienone is 6. The maximum atomic E-state index is 6.96. The number of rotatable bonds is 5. The van der Waals surface area contributed by atoms with Crippen molar-refractivity contribution in [3.05, 3.63) is 92.0 Å². The third-order valence-corrected chi connectivity index (χ3v) is 9.46. The molecule has 1 aromatic heterocycles. The number of aromatic nitrogens is 1. The van der Waals surface area contributed by atoms with Crippen LogP contribution in [0.15, 0.2) is 80.7 Å². The normalized spacial score (nSPS) is 18.6. The molecule has 0 atom stereocenters. The van der Waals surface area contributed by atoms with E-state index in [9.17, 15) is 0 Å². The lowest BCUT2D eigenvalue weighted by molar-refractivity contribution is -0.665. The van der Waals surface area contributed by atoms with Gasteiger partial charge >= 0.3 is 0 Å². The Morgan fingerprint density at radius 2 is 1.80 bits per heavy atom. The highest BCUT2D eigenvalue weighted by atomic mass is 35.5. The Hall–Kier alpha value is -2.27. The molecular formula is C30H32ClN2S2+. The van der Waals surface area contributed by atoms with Crippen LogP contribution < -0.4 is 9.47 Å². The van der Waals surface area contributed by atoms with E-state index in [0.717, 1.165) is 37.4 Å². The lowest BCUT2D eigenvalue weighted by atomic mass is 9.94. The van der Waals surface area contributed by atoms with Crippen molar-refractivity contribution in [3.63, 3.8) is 0 Å².